The van der Waals surface area contributed by atoms with E-state index in [1.54, 1.807) is 0 Å². The predicted octanol–water partition coefficient (Wildman–Crippen LogP) is 1.28. The Bertz CT molecular complexity index is 84.6. The Morgan fingerprint density at radius 2 is 1.83 bits per heavy atom. The van der Waals surface area contributed by atoms with Gasteiger partial charge in [0.05, 0.1) is 0 Å². The fourth-order valence-corrected chi connectivity index (χ4v) is 1.42. The predicted molar refractivity (Wildman–Crippen MR) is 59.0 cm³/mol. The molecule has 0 fully saturated rings. The maximum Gasteiger partial charge on any atom is 0.0107 e. The van der Waals surface area contributed by atoms with Crippen molar-refractivity contribution in [3.63, 3.8) is 0 Å². The van der Waals surface area contributed by atoms with Crippen molar-refractivity contribution in [1.29, 1.82) is 0 Å². The zero-order valence-electron chi connectivity index (χ0n) is 8.60. The van der Waals surface area contributed by atoms with E-state index in [1.165, 1.54) is 25.4 Å². The zero-order chi connectivity index (χ0) is 9.23. The Kier molecular flexibility index (Phi) is 9.57. The Morgan fingerprint density at radius 3 is 2.33 bits per heavy atom. The third kappa shape index (κ3) is 6.95. The Balaban J connectivity index is 3.06. The van der Waals surface area contributed by atoms with Gasteiger partial charge in [-0.2, -0.15) is 11.8 Å². The molecule has 0 aromatic carbocycles. The first-order chi connectivity index (χ1) is 5.85. The van der Waals surface area contributed by atoms with Gasteiger partial charge in [-0.15, -0.1) is 0 Å². The molecule has 0 heterocycles. The van der Waals surface area contributed by atoms with E-state index in [0.717, 1.165) is 13.1 Å². The van der Waals surface area contributed by atoms with Crippen LogP contribution < -0.4 is 5.32 Å². The third-order valence-electron chi connectivity index (χ3n) is 1.98. The van der Waals surface area contributed by atoms with Gasteiger partial charge in [-0.25, -0.2) is 0 Å². The smallest absolute Gasteiger partial charge is 0.0107 e. The van der Waals surface area contributed by atoms with Gasteiger partial charge in [-0.05, 0) is 19.3 Å². The summed E-state index contributed by atoms with van der Waals surface area (Å²) in [5.41, 5.74) is 0. The SMILES string of the molecule is CCN(CC)CCNCCSC. The summed E-state index contributed by atoms with van der Waals surface area (Å²) in [5, 5.41) is 3.42. The van der Waals surface area contributed by atoms with Crippen LogP contribution in [0.25, 0.3) is 0 Å². The fourth-order valence-electron chi connectivity index (χ4n) is 1.08. The van der Waals surface area contributed by atoms with Crippen LogP contribution >= 0.6 is 11.8 Å². The van der Waals surface area contributed by atoms with Gasteiger partial charge >= 0.3 is 0 Å². The summed E-state index contributed by atoms with van der Waals surface area (Å²) in [5.74, 6) is 1.22. The van der Waals surface area contributed by atoms with Gasteiger partial charge in [-0.1, -0.05) is 13.8 Å². The standard InChI is InChI=1S/C9H22N2S/c1-4-11(5-2)8-6-10-7-9-12-3/h10H,4-9H2,1-3H3. The Morgan fingerprint density at radius 1 is 1.17 bits per heavy atom. The highest BCUT2D eigenvalue weighted by Gasteiger charge is 1.96. The number of nitrogens with zero attached hydrogens (tertiary/aromatic N) is 1. The van der Waals surface area contributed by atoms with Crippen molar-refractivity contribution in [2.24, 2.45) is 0 Å². The van der Waals surface area contributed by atoms with Crippen LogP contribution in [-0.2, 0) is 0 Å². The van der Waals surface area contributed by atoms with Crippen LogP contribution in [0.15, 0.2) is 0 Å². The minimum Gasteiger partial charge on any atom is -0.315 e. The zero-order valence-corrected chi connectivity index (χ0v) is 9.41. The molecule has 0 saturated heterocycles. The summed E-state index contributed by atoms with van der Waals surface area (Å²) in [4.78, 5) is 2.44. The Hall–Kier alpha value is 0.270. The summed E-state index contributed by atoms with van der Waals surface area (Å²) >= 11 is 1.90. The van der Waals surface area contributed by atoms with Gasteiger partial charge in [0.25, 0.3) is 0 Å². The first-order valence-corrected chi connectivity index (χ1v) is 6.16. The minimum atomic E-state index is 1.13. The van der Waals surface area contributed by atoms with Crippen LogP contribution in [0.5, 0.6) is 0 Å². The molecular weight excluding hydrogens is 168 g/mol. The second-order valence-corrected chi connectivity index (χ2v) is 3.76. The van der Waals surface area contributed by atoms with Crippen molar-refractivity contribution in [3.05, 3.63) is 0 Å². The van der Waals surface area contributed by atoms with Gasteiger partial charge in [0, 0.05) is 25.4 Å². The topological polar surface area (TPSA) is 15.3 Å². The normalized spacial score (nSPS) is 11.0. The molecule has 0 aliphatic carbocycles. The van der Waals surface area contributed by atoms with Crippen molar-refractivity contribution in [3.8, 4) is 0 Å². The van der Waals surface area contributed by atoms with Crippen molar-refractivity contribution in [1.82, 2.24) is 10.2 Å². The minimum absolute atomic E-state index is 1.13. The largest absolute Gasteiger partial charge is 0.315 e. The second-order valence-electron chi connectivity index (χ2n) is 2.77. The Labute approximate surface area is 81.1 Å². The van der Waals surface area contributed by atoms with E-state index in [0.29, 0.717) is 0 Å². The lowest BCUT2D eigenvalue weighted by Crippen LogP contribution is -2.32. The van der Waals surface area contributed by atoms with E-state index in [4.69, 9.17) is 0 Å². The first-order valence-electron chi connectivity index (χ1n) is 4.77. The molecule has 1 N–H and O–H groups in total. The second kappa shape index (κ2) is 9.36. The molecule has 74 valence electrons. The summed E-state index contributed by atoms with van der Waals surface area (Å²) in [7, 11) is 0. The molecule has 0 saturated carbocycles. The molecule has 12 heavy (non-hydrogen) atoms. The average molecular weight is 190 g/mol. The third-order valence-corrected chi connectivity index (χ3v) is 2.59. The van der Waals surface area contributed by atoms with E-state index in [2.05, 4.69) is 30.3 Å². The van der Waals surface area contributed by atoms with Crippen LogP contribution in [0.1, 0.15) is 13.8 Å². The quantitative estimate of drug-likeness (QED) is 0.581. The number of nitrogens with one attached hydrogen (secondary N) is 1. The molecule has 0 aliphatic rings. The summed E-state index contributed by atoms with van der Waals surface area (Å²) in [6.07, 6.45) is 2.14. The number of thioether (sulfide) groups is 1. The van der Waals surface area contributed by atoms with E-state index in [9.17, 15) is 0 Å². The van der Waals surface area contributed by atoms with Crippen LogP contribution in [0.3, 0.4) is 0 Å². The number of likely N-dealkylation sites (N-methyl/N-ethyl adjacent to an activating group) is 1. The maximum atomic E-state index is 3.42. The molecule has 0 aliphatic heterocycles. The lowest BCUT2D eigenvalue weighted by Gasteiger charge is -2.17. The van der Waals surface area contributed by atoms with Crippen molar-refractivity contribution < 1.29 is 0 Å². The van der Waals surface area contributed by atoms with Gasteiger partial charge in [-0.3, -0.25) is 0 Å². The molecule has 0 bridgehead atoms. The van der Waals surface area contributed by atoms with Gasteiger partial charge < -0.3 is 10.2 Å². The van der Waals surface area contributed by atoms with Crippen molar-refractivity contribution in [2.45, 2.75) is 13.8 Å². The summed E-state index contributed by atoms with van der Waals surface area (Å²) < 4.78 is 0. The highest BCUT2D eigenvalue weighted by molar-refractivity contribution is 7.98. The lowest BCUT2D eigenvalue weighted by molar-refractivity contribution is 0.303. The molecular formula is C9H22N2S. The highest BCUT2D eigenvalue weighted by Crippen LogP contribution is 1.87. The van der Waals surface area contributed by atoms with Crippen LogP contribution in [0, 0.1) is 0 Å². The van der Waals surface area contributed by atoms with E-state index in [-0.39, 0.29) is 0 Å². The van der Waals surface area contributed by atoms with E-state index < -0.39 is 0 Å². The molecule has 0 aromatic heterocycles. The molecule has 3 heteroatoms. The number of rotatable bonds is 8. The highest BCUT2D eigenvalue weighted by atomic mass is 32.2. The van der Waals surface area contributed by atoms with Crippen molar-refractivity contribution in [2.75, 3.05) is 44.7 Å². The van der Waals surface area contributed by atoms with Gasteiger partial charge in [0.1, 0.15) is 0 Å². The monoisotopic (exact) mass is 190 g/mol. The number of hydrogen-bond donors (Lipinski definition) is 1. The van der Waals surface area contributed by atoms with E-state index in [1.807, 2.05) is 11.8 Å². The van der Waals surface area contributed by atoms with Crippen LogP contribution in [0.2, 0.25) is 0 Å². The van der Waals surface area contributed by atoms with Crippen molar-refractivity contribution >= 4 is 11.8 Å². The first kappa shape index (κ1) is 12.3. The van der Waals surface area contributed by atoms with E-state index >= 15 is 0 Å². The molecule has 0 radical (unpaired) electrons. The summed E-state index contributed by atoms with van der Waals surface area (Å²) in [6.45, 7) is 10.2. The van der Waals surface area contributed by atoms with Gasteiger partial charge in [0.15, 0.2) is 0 Å². The molecule has 0 unspecified atom stereocenters. The van der Waals surface area contributed by atoms with Crippen LogP contribution in [0.4, 0.5) is 0 Å². The average Bonchev–Trinajstić information content (AvgIpc) is 2.11. The molecule has 0 rings (SSSR count). The summed E-state index contributed by atoms with van der Waals surface area (Å²) in [6, 6.07) is 0. The van der Waals surface area contributed by atoms with Gasteiger partial charge in [0.2, 0.25) is 0 Å². The molecule has 0 amide bonds. The number of hydrogen-bond acceptors (Lipinski definition) is 3. The maximum absolute atomic E-state index is 3.42. The fraction of sp³-hybridized carbons (Fsp3) is 1.00. The van der Waals surface area contributed by atoms with Crippen LogP contribution in [-0.4, -0.2) is 49.6 Å². The lowest BCUT2D eigenvalue weighted by atomic mass is 10.4. The molecule has 2 nitrogen and oxygen atoms in total. The molecule has 0 aromatic rings. The molecule has 0 atom stereocenters. The molecule has 0 spiro atoms.